The molecule has 0 aromatic rings. The van der Waals surface area contributed by atoms with E-state index < -0.39 is 26.2 Å². The van der Waals surface area contributed by atoms with E-state index in [1.165, 1.54) is 6.20 Å². The standard InChI is InChI=1S/C16H31NO4Si/c1-11(2)14(21-22(8,9)16(3,4)5)13(18)12(15(19)20)10-17(6)7/h10-11,14H,1-9H3,(H,19,20)/b12-10-. The molecular formula is C16H31NO4Si. The van der Waals surface area contributed by atoms with Gasteiger partial charge in [-0.2, -0.15) is 0 Å². The molecule has 0 saturated heterocycles. The topological polar surface area (TPSA) is 66.8 Å². The number of rotatable bonds is 7. The maximum Gasteiger partial charge on any atom is 0.340 e. The Morgan fingerprint density at radius 2 is 1.64 bits per heavy atom. The van der Waals surface area contributed by atoms with Gasteiger partial charge in [0.2, 0.25) is 0 Å². The first-order chi connectivity index (χ1) is 9.70. The second-order valence-electron chi connectivity index (χ2n) is 7.72. The fraction of sp³-hybridized carbons (Fsp3) is 0.750. The molecule has 0 aliphatic rings. The molecule has 1 N–H and O–H groups in total. The van der Waals surface area contributed by atoms with Crippen molar-refractivity contribution in [2.24, 2.45) is 5.92 Å². The number of Topliss-reactive ketones (excluding diaryl/α,β-unsaturated/α-hetero) is 1. The number of carbonyl (C=O) groups is 2. The minimum atomic E-state index is -2.17. The van der Waals surface area contributed by atoms with E-state index in [4.69, 9.17) is 4.43 Å². The fourth-order valence-corrected chi connectivity index (χ4v) is 2.99. The first-order valence-electron chi connectivity index (χ1n) is 7.54. The van der Waals surface area contributed by atoms with Crippen LogP contribution in [0.4, 0.5) is 0 Å². The van der Waals surface area contributed by atoms with E-state index in [1.54, 1.807) is 19.0 Å². The highest BCUT2D eigenvalue weighted by Crippen LogP contribution is 2.38. The molecule has 0 radical (unpaired) electrons. The van der Waals surface area contributed by atoms with Crippen LogP contribution < -0.4 is 0 Å². The molecule has 1 unspecified atom stereocenters. The lowest BCUT2D eigenvalue weighted by Gasteiger charge is -2.40. The minimum absolute atomic E-state index is 0.0466. The number of carbonyl (C=O) groups excluding carboxylic acids is 1. The molecular weight excluding hydrogens is 298 g/mol. The molecule has 0 aliphatic heterocycles. The van der Waals surface area contributed by atoms with Crippen LogP contribution in [-0.4, -0.2) is 50.3 Å². The summed E-state index contributed by atoms with van der Waals surface area (Å²) in [5.41, 5.74) is -0.234. The van der Waals surface area contributed by atoms with Crippen molar-refractivity contribution in [3.05, 3.63) is 11.8 Å². The molecule has 22 heavy (non-hydrogen) atoms. The van der Waals surface area contributed by atoms with Gasteiger partial charge in [0.25, 0.3) is 0 Å². The minimum Gasteiger partial charge on any atom is -0.478 e. The van der Waals surface area contributed by atoms with E-state index in [1.807, 2.05) is 13.8 Å². The predicted molar refractivity (Wildman–Crippen MR) is 91.3 cm³/mol. The number of hydrogen-bond donors (Lipinski definition) is 1. The number of hydrogen-bond acceptors (Lipinski definition) is 4. The molecule has 0 heterocycles. The summed E-state index contributed by atoms with van der Waals surface area (Å²) < 4.78 is 6.20. The monoisotopic (exact) mass is 329 g/mol. The first-order valence-corrected chi connectivity index (χ1v) is 10.4. The van der Waals surface area contributed by atoms with E-state index in [0.717, 1.165) is 0 Å². The van der Waals surface area contributed by atoms with Crippen LogP contribution in [0.5, 0.6) is 0 Å². The second kappa shape index (κ2) is 7.42. The van der Waals surface area contributed by atoms with Crippen molar-refractivity contribution in [1.82, 2.24) is 4.90 Å². The van der Waals surface area contributed by atoms with Gasteiger partial charge in [-0.25, -0.2) is 4.79 Å². The van der Waals surface area contributed by atoms with E-state index in [9.17, 15) is 14.7 Å². The quantitative estimate of drug-likeness (QED) is 0.336. The van der Waals surface area contributed by atoms with Gasteiger partial charge in [0.15, 0.2) is 14.1 Å². The molecule has 6 heteroatoms. The zero-order chi connectivity index (χ0) is 17.9. The van der Waals surface area contributed by atoms with Crippen LogP contribution in [0.2, 0.25) is 18.1 Å². The molecule has 5 nitrogen and oxygen atoms in total. The highest BCUT2D eigenvalue weighted by molar-refractivity contribution is 6.74. The lowest BCUT2D eigenvalue weighted by atomic mass is 9.98. The van der Waals surface area contributed by atoms with Crippen molar-refractivity contribution in [1.29, 1.82) is 0 Å². The van der Waals surface area contributed by atoms with Gasteiger partial charge in [0.1, 0.15) is 11.7 Å². The zero-order valence-electron chi connectivity index (χ0n) is 15.4. The molecule has 0 amide bonds. The van der Waals surface area contributed by atoms with Crippen molar-refractivity contribution in [3.63, 3.8) is 0 Å². The Morgan fingerprint density at radius 1 is 1.18 bits per heavy atom. The average molecular weight is 330 g/mol. The van der Waals surface area contributed by atoms with E-state index >= 15 is 0 Å². The van der Waals surface area contributed by atoms with Gasteiger partial charge in [-0.15, -0.1) is 0 Å². The largest absolute Gasteiger partial charge is 0.478 e. The van der Waals surface area contributed by atoms with Gasteiger partial charge in [-0.05, 0) is 24.1 Å². The molecule has 0 spiro atoms. The van der Waals surface area contributed by atoms with E-state index in [-0.39, 0.29) is 16.5 Å². The van der Waals surface area contributed by atoms with Crippen molar-refractivity contribution in [2.75, 3.05) is 14.1 Å². The maximum absolute atomic E-state index is 12.7. The molecule has 0 aromatic heterocycles. The Hall–Kier alpha value is -1.14. The summed E-state index contributed by atoms with van der Waals surface area (Å²) in [6, 6.07) is 0. The Morgan fingerprint density at radius 3 is 1.91 bits per heavy atom. The van der Waals surface area contributed by atoms with Gasteiger partial charge in [0.05, 0.1) is 0 Å². The summed E-state index contributed by atoms with van der Waals surface area (Å²) in [6.45, 7) is 14.2. The summed E-state index contributed by atoms with van der Waals surface area (Å²) in [4.78, 5) is 25.7. The van der Waals surface area contributed by atoms with Crippen molar-refractivity contribution in [2.45, 2.75) is 58.9 Å². The van der Waals surface area contributed by atoms with Crippen molar-refractivity contribution in [3.8, 4) is 0 Å². The van der Waals surface area contributed by atoms with Gasteiger partial charge < -0.3 is 14.4 Å². The zero-order valence-corrected chi connectivity index (χ0v) is 16.4. The molecule has 1 atom stereocenters. The lowest BCUT2D eigenvalue weighted by molar-refractivity contribution is -0.136. The first kappa shape index (κ1) is 20.9. The van der Waals surface area contributed by atoms with Crippen LogP contribution in [0.3, 0.4) is 0 Å². The molecule has 0 fully saturated rings. The Labute approximate surface area is 135 Å². The molecule has 0 aliphatic carbocycles. The average Bonchev–Trinajstić information content (AvgIpc) is 2.29. The van der Waals surface area contributed by atoms with E-state index in [0.29, 0.717) is 0 Å². The number of ketones is 1. The number of carboxylic acids is 1. The third-order valence-corrected chi connectivity index (χ3v) is 8.43. The summed E-state index contributed by atoms with van der Waals surface area (Å²) in [5, 5.41) is 9.27. The highest BCUT2D eigenvalue weighted by Gasteiger charge is 2.42. The maximum atomic E-state index is 12.7. The lowest BCUT2D eigenvalue weighted by Crippen LogP contribution is -2.48. The number of nitrogens with zero attached hydrogens (tertiary/aromatic N) is 1. The molecule has 0 aromatic carbocycles. The number of aliphatic carboxylic acids is 1. The van der Waals surface area contributed by atoms with Crippen LogP contribution in [-0.2, 0) is 14.0 Å². The SMILES string of the molecule is CC(C)C(O[Si](C)(C)C(C)(C)C)C(=O)/C(=C/N(C)C)C(=O)O. The van der Waals surface area contributed by atoms with Crippen LogP contribution in [0.15, 0.2) is 11.8 Å². The van der Waals surface area contributed by atoms with Crippen LogP contribution in [0.25, 0.3) is 0 Å². The smallest absolute Gasteiger partial charge is 0.340 e. The Kier molecular flexibility index (Phi) is 7.03. The normalized spacial score (nSPS) is 14.9. The van der Waals surface area contributed by atoms with Crippen LogP contribution >= 0.6 is 0 Å². The molecule has 0 saturated carbocycles. The van der Waals surface area contributed by atoms with E-state index in [2.05, 4.69) is 33.9 Å². The van der Waals surface area contributed by atoms with Crippen LogP contribution in [0, 0.1) is 5.92 Å². The fourth-order valence-electron chi connectivity index (χ4n) is 1.62. The number of carboxylic acid groups (broad SMARTS) is 1. The second-order valence-corrected chi connectivity index (χ2v) is 12.5. The third kappa shape index (κ3) is 5.57. The summed E-state index contributed by atoms with van der Waals surface area (Å²) in [6.07, 6.45) is 0.609. The molecule has 0 bridgehead atoms. The molecule has 128 valence electrons. The predicted octanol–water partition coefficient (Wildman–Crippen LogP) is 3.13. The van der Waals surface area contributed by atoms with Crippen molar-refractivity contribution < 1.29 is 19.1 Å². The van der Waals surface area contributed by atoms with Crippen LogP contribution in [0.1, 0.15) is 34.6 Å². The summed E-state index contributed by atoms with van der Waals surface area (Å²) >= 11 is 0. The van der Waals surface area contributed by atoms with Gasteiger partial charge >= 0.3 is 5.97 Å². The van der Waals surface area contributed by atoms with Gasteiger partial charge in [-0.3, -0.25) is 4.79 Å². The Balaban J connectivity index is 5.61. The third-order valence-electron chi connectivity index (χ3n) is 3.97. The molecule has 0 rings (SSSR count). The summed E-state index contributed by atoms with van der Waals surface area (Å²) in [7, 11) is 1.21. The highest BCUT2D eigenvalue weighted by atomic mass is 28.4. The van der Waals surface area contributed by atoms with Crippen molar-refractivity contribution >= 4 is 20.1 Å². The van der Waals surface area contributed by atoms with Gasteiger partial charge in [0, 0.05) is 20.3 Å². The Bertz CT molecular complexity index is 448. The summed E-state index contributed by atoms with van der Waals surface area (Å²) in [5.74, 6) is -1.77. The van der Waals surface area contributed by atoms with Gasteiger partial charge in [-0.1, -0.05) is 34.6 Å².